The predicted octanol–water partition coefficient (Wildman–Crippen LogP) is 1.31. The zero-order chi connectivity index (χ0) is 11.4. The van der Waals surface area contributed by atoms with Gasteiger partial charge in [-0.05, 0) is 24.3 Å². The minimum atomic E-state index is -0.952. The van der Waals surface area contributed by atoms with Crippen LogP contribution in [0.4, 0.5) is 11.6 Å². The summed E-state index contributed by atoms with van der Waals surface area (Å²) < 4.78 is 0. The van der Waals surface area contributed by atoms with Crippen molar-refractivity contribution in [1.82, 2.24) is 15.0 Å². The van der Waals surface area contributed by atoms with Crippen molar-refractivity contribution in [3.63, 3.8) is 0 Å². The molecule has 0 bridgehead atoms. The number of aromatic carboxylic acids is 1. The van der Waals surface area contributed by atoms with Gasteiger partial charge in [0, 0.05) is 5.69 Å². The number of carboxylic acids is 1. The number of hydrogen-bond donors (Lipinski definition) is 2. The first-order valence-corrected chi connectivity index (χ1v) is 4.48. The van der Waals surface area contributed by atoms with Gasteiger partial charge in [0.25, 0.3) is 0 Å². The van der Waals surface area contributed by atoms with E-state index in [1.165, 1.54) is 24.8 Å². The maximum absolute atomic E-state index is 10.6. The Hall–Kier alpha value is -2.50. The lowest BCUT2D eigenvalue weighted by atomic mass is 10.2. The lowest BCUT2D eigenvalue weighted by Crippen LogP contribution is -1.99. The van der Waals surface area contributed by atoms with Crippen LogP contribution in [0.25, 0.3) is 0 Å². The van der Waals surface area contributed by atoms with Gasteiger partial charge in [0.2, 0.25) is 5.95 Å². The molecule has 2 rings (SSSR count). The highest BCUT2D eigenvalue weighted by Crippen LogP contribution is 2.12. The molecule has 2 N–H and O–H groups in total. The van der Waals surface area contributed by atoms with Gasteiger partial charge in [0.15, 0.2) is 0 Å². The van der Waals surface area contributed by atoms with E-state index in [0.29, 0.717) is 5.95 Å². The van der Waals surface area contributed by atoms with Crippen LogP contribution in [0.1, 0.15) is 10.4 Å². The van der Waals surface area contributed by atoms with E-state index in [4.69, 9.17) is 5.11 Å². The summed E-state index contributed by atoms with van der Waals surface area (Å²) in [4.78, 5) is 22.1. The molecule has 16 heavy (non-hydrogen) atoms. The van der Waals surface area contributed by atoms with E-state index in [9.17, 15) is 4.79 Å². The van der Waals surface area contributed by atoms with E-state index >= 15 is 0 Å². The highest BCUT2D eigenvalue weighted by Gasteiger charge is 2.02. The molecular weight excluding hydrogens is 208 g/mol. The highest BCUT2D eigenvalue weighted by molar-refractivity contribution is 5.88. The summed E-state index contributed by atoms with van der Waals surface area (Å²) in [6.45, 7) is 0. The smallest absolute Gasteiger partial charge is 0.335 e. The second-order valence-corrected chi connectivity index (χ2v) is 2.97. The van der Waals surface area contributed by atoms with Crippen molar-refractivity contribution in [3.05, 3.63) is 42.5 Å². The molecule has 0 saturated heterocycles. The molecular formula is C10H8N4O2. The first-order chi connectivity index (χ1) is 7.75. The zero-order valence-corrected chi connectivity index (χ0v) is 8.16. The average Bonchev–Trinajstić information content (AvgIpc) is 2.31. The molecule has 0 amide bonds. The molecule has 0 aliphatic heterocycles. The minimum Gasteiger partial charge on any atom is -0.478 e. The van der Waals surface area contributed by atoms with Crippen molar-refractivity contribution >= 4 is 17.6 Å². The first-order valence-electron chi connectivity index (χ1n) is 4.48. The topological polar surface area (TPSA) is 88.0 Å². The third kappa shape index (κ3) is 2.30. The Morgan fingerprint density at radius 2 is 1.75 bits per heavy atom. The average molecular weight is 216 g/mol. The first kappa shape index (κ1) is 10.0. The monoisotopic (exact) mass is 216 g/mol. The molecule has 2 aromatic rings. The number of carbonyl (C=O) groups is 1. The van der Waals surface area contributed by atoms with E-state index in [0.717, 1.165) is 5.69 Å². The Morgan fingerprint density at radius 1 is 1.12 bits per heavy atom. The Bertz CT molecular complexity index is 484. The summed E-state index contributed by atoms with van der Waals surface area (Å²) in [5.41, 5.74) is 0.956. The molecule has 0 aliphatic rings. The van der Waals surface area contributed by atoms with Gasteiger partial charge in [-0.2, -0.15) is 0 Å². The van der Waals surface area contributed by atoms with Crippen LogP contribution in [0.3, 0.4) is 0 Å². The summed E-state index contributed by atoms with van der Waals surface area (Å²) in [5, 5.41) is 11.6. The fourth-order valence-electron chi connectivity index (χ4n) is 1.13. The molecule has 1 aromatic carbocycles. The molecule has 0 unspecified atom stereocenters. The van der Waals surface area contributed by atoms with Crippen molar-refractivity contribution in [2.24, 2.45) is 0 Å². The van der Waals surface area contributed by atoms with Crippen molar-refractivity contribution in [2.45, 2.75) is 0 Å². The second kappa shape index (κ2) is 4.35. The van der Waals surface area contributed by atoms with Crippen LogP contribution in [-0.4, -0.2) is 26.0 Å². The molecule has 0 spiro atoms. The summed E-state index contributed by atoms with van der Waals surface area (Å²) >= 11 is 0. The molecule has 0 saturated carbocycles. The highest BCUT2D eigenvalue weighted by atomic mass is 16.4. The third-order valence-corrected chi connectivity index (χ3v) is 1.88. The van der Waals surface area contributed by atoms with E-state index in [2.05, 4.69) is 20.3 Å². The normalized spacial score (nSPS) is 9.75. The van der Waals surface area contributed by atoms with E-state index in [-0.39, 0.29) is 5.56 Å². The second-order valence-electron chi connectivity index (χ2n) is 2.97. The van der Waals surface area contributed by atoms with Gasteiger partial charge in [0.05, 0.1) is 5.56 Å². The number of carboxylic acid groups (broad SMARTS) is 1. The number of rotatable bonds is 3. The fourth-order valence-corrected chi connectivity index (χ4v) is 1.13. The van der Waals surface area contributed by atoms with Crippen molar-refractivity contribution in [3.8, 4) is 0 Å². The van der Waals surface area contributed by atoms with Gasteiger partial charge in [0.1, 0.15) is 12.7 Å². The lowest BCUT2D eigenvalue weighted by molar-refractivity contribution is 0.0697. The predicted molar refractivity (Wildman–Crippen MR) is 56.5 cm³/mol. The number of hydrogen-bond acceptors (Lipinski definition) is 5. The number of nitrogens with one attached hydrogen (secondary N) is 1. The van der Waals surface area contributed by atoms with Crippen LogP contribution in [0, 0.1) is 0 Å². The quantitative estimate of drug-likeness (QED) is 0.804. The number of anilines is 2. The number of aromatic nitrogens is 3. The lowest BCUT2D eigenvalue weighted by Gasteiger charge is -2.03. The Labute approximate surface area is 91.0 Å². The molecule has 1 heterocycles. The molecule has 0 radical (unpaired) electrons. The van der Waals surface area contributed by atoms with Crippen LogP contribution in [-0.2, 0) is 0 Å². The van der Waals surface area contributed by atoms with E-state index in [1.54, 1.807) is 12.1 Å². The van der Waals surface area contributed by atoms with Crippen LogP contribution < -0.4 is 5.32 Å². The molecule has 6 nitrogen and oxygen atoms in total. The fraction of sp³-hybridized carbons (Fsp3) is 0. The maximum atomic E-state index is 10.6. The molecule has 0 fully saturated rings. The number of nitrogens with zero attached hydrogens (tertiary/aromatic N) is 3. The van der Waals surface area contributed by atoms with E-state index < -0.39 is 5.97 Å². The SMILES string of the molecule is O=C(O)c1ccc(Nc2ncncn2)cc1. The molecule has 80 valence electrons. The van der Waals surface area contributed by atoms with Gasteiger partial charge in [-0.25, -0.2) is 19.7 Å². The molecule has 0 atom stereocenters. The summed E-state index contributed by atoms with van der Waals surface area (Å²) in [5.74, 6) is -0.537. The molecule has 1 aromatic heterocycles. The summed E-state index contributed by atoms with van der Waals surface area (Å²) in [6, 6.07) is 6.30. The van der Waals surface area contributed by atoms with Crippen molar-refractivity contribution in [1.29, 1.82) is 0 Å². The van der Waals surface area contributed by atoms with Crippen LogP contribution in [0.5, 0.6) is 0 Å². The van der Waals surface area contributed by atoms with Crippen LogP contribution in [0.15, 0.2) is 36.9 Å². The van der Waals surface area contributed by atoms with Gasteiger partial charge in [-0.3, -0.25) is 0 Å². The Kier molecular flexibility index (Phi) is 2.73. The van der Waals surface area contributed by atoms with E-state index in [1.807, 2.05) is 0 Å². The van der Waals surface area contributed by atoms with Crippen molar-refractivity contribution in [2.75, 3.05) is 5.32 Å². The largest absolute Gasteiger partial charge is 0.478 e. The Balaban J connectivity index is 2.14. The summed E-state index contributed by atoms with van der Waals surface area (Å²) in [7, 11) is 0. The standard InChI is InChI=1S/C10H8N4O2/c15-9(16)7-1-3-8(4-2-7)14-10-12-5-11-6-13-10/h1-6H,(H,15,16)(H,11,12,13,14). The van der Waals surface area contributed by atoms with Gasteiger partial charge in [-0.1, -0.05) is 0 Å². The molecule has 6 heteroatoms. The number of benzene rings is 1. The Morgan fingerprint density at radius 3 is 2.31 bits per heavy atom. The van der Waals surface area contributed by atoms with Crippen LogP contribution >= 0.6 is 0 Å². The van der Waals surface area contributed by atoms with Gasteiger partial charge >= 0.3 is 5.97 Å². The van der Waals surface area contributed by atoms with Gasteiger partial charge in [-0.15, -0.1) is 0 Å². The third-order valence-electron chi connectivity index (χ3n) is 1.88. The summed E-state index contributed by atoms with van der Waals surface area (Å²) in [6.07, 6.45) is 2.75. The van der Waals surface area contributed by atoms with Crippen LogP contribution in [0.2, 0.25) is 0 Å². The van der Waals surface area contributed by atoms with Crippen molar-refractivity contribution < 1.29 is 9.90 Å². The minimum absolute atomic E-state index is 0.237. The molecule has 0 aliphatic carbocycles. The maximum Gasteiger partial charge on any atom is 0.335 e. The zero-order valence-electron chi connectivity index (χ0n) is 8.16. The van der Waals surface area contributed by atoms with Gasteiger partial charge < -0.3 is 10.4 Å².